The van der Waals surface area contributed by atoms with Gasteiger partial charge in [0.1, 0.15) is 23.6 Å². The van der Waals surface area contributed by atoms with Crippen LogP contribution in [0.5, 0.6) is 0 Å². The molecule has 0 unspecified atom stereocenters. The van der Waals surface area contributed by atoms with Crippen LogP contribution in [0.3, 0.4) is 0 Å². The van der Waals surface area contributed by atoms with Crippen LogP contribution in [0.15, 0.2) is 35.3 Å². The molecule has 8 heteroatoms. The molecule has 7 nitrogen and oxygen atoms in total. The molecule has 1 amide bonds. The van der Waals surface area contributed by atoms with Crippen molar-refractivity contribution in [3.8, 4) is 0 Å². The summed E-state index contributed by atoms with van der Waals surface area (Å²) >= 11 is 1.26. The molecule has 1 saturated heterocycles. The minimum absolute atomic E-state index is 0.145. The predicted octanol–water partition coefficient (Wildman–Crippen LogP) is -0.446. The first kappa shape index (κ1) is 16.2. The van der Waals surface area contributed by atoms with Crippen LogP contribution in [-0.4, -0.2) is 54.7 Å². The molecule has 25 heavy (non-hydrogen) atoms. The lowest BCUT2D eigenvalue weighted by Crippen LogP contribution is -3.14. The van der Waals surface area contributed by atoms with Crippen molar-refractivity contribution in [2.24, 2.45) is 0 Å². The minimum Gasteiger partial charge on any atom is -0.370 e. The van der Waals surface area contributed by atoms with Crippen LogP contribution in [0.2, 0.25) is 0 Å². The molecule has 0 aliphatic carbocycles. The molecule has 1 aliphatic rings. The number of aromatic nitrogens is 2. The molecule has 0 saturated carbocycles. The zero-order valence-corrected chi connectivity index (χ0v) is 14.5. The Morgan fingerprint density at radius 3 is 3.04 bits per heavy atom. The van der Waals surface area contributed by atoms with Gasteiger partial charge in [0.05, 0.1) is 36.6 Å². The average Bonchev–Trinajstić information content (AvgIpc) is 3.07. The van der Waals surface area contributed by atoms with E-state index in [-0.39, 0.29) is 11.5 Å². The Hall–Kier alpha value is -2.29. The first-order valence-corrected chi connectivity index (χ1v) is 9.14. The van der Waals surface area contributed by atoms with E-state index in [2.05, 4.69) is 10.3 Å². The number of nitrogens with zero attached hydrogens (tertiary/aromatic N) is 2. The van der Waals surface area contributed by atoms with Gasteiger partial charge in [0.25, 0.3) is 11.5 Å². The maximum atomic E-state index is 12.5. The molecule has 130 valence electrons. The van der Waals surface area contributed by atoms with Crippen molar-refractivity contribution in [2.75, 3.05) is 39.4 Å². The van der Waals surface area contributed by atoms with Gasteiger partial charge >= 0.3 is 0 Å². The Labute approximate surface area is 147 Å². The zero-order valence-electron chi connectivity index (χ0n) is 13.7. The van der Waals surface area contributed by atoms with E-state index < -0.39 is 0 Å². The topological polar surface area (TPSA) is 77.1 Å². The fourth-order valence-corrected chi connectivity index (χ4v) is 3.96. The number of carbonyl (C=O) groups is 1. The molecular formula is C17H19N4O3S+. The molecule has 1 aliphatic heterocycles. The molecule has 4 heterocycles. The van der Waals surface area contributed by atoms with Crippen molar-refractivity contribution in [3.05, 3.63) is 45.7 Å². The average molecular weight is 359 g/mol. The SMILES string of the molecule is O=C(NCC[NH+]1CCOCC1)c1cc2c(=O)n3ccccc3nc2s1. The normalized spacial score (nSPS) is 15.7. The van der Waals surface area contributed by atoms with Gasteiger partial charge in [0, 0.05) is 6.20 Å². The molecular weight excluding hydrogens is 340 g/mol. The molecule has 1 fully saturated rings. The third-order valence-electron chi connectivity index (χ3n) is 4.40. The second-order valence-corrected chi connectivity index (χ2v) is 7.07. The second kappa shape index (κ2) is 6.91. The summed E-state index contributed by atoms with van der Waals surface area (Å²) in [6.45, 7) is 5.01. The number of quaternary nitrogens is 1. The van der Waals surface area contributed by atoms with Crippen LogP contribution in [0.25, 0.3) is 15.9 Å². The number of hydrogen-bond acceptors (Lipinski definition) is 5. The number of carbonyl (C=O) groups excluding carboxylic acids is 1. The highest BCUT2D eigenvalue weighted by atomic mass is 32.1. The van der Waals surface area contributed by atoms with Crippen molar-refractivity contribution in [3.63, 3.8) is 0 Å². The van der Waals surface area contributed by atoms with Gasteiger partial charge in [-0.15, -0.1) is 11.3 Å². The number of nitrogens with one attached hydrogen (secondary N) is 2. The fourth-order valence-electron chi connectivity index (χ4n) is 3.01. The van der Waals surface area contributed by atoms with E-state index in [1.54, 1.807) is 24.4 Å². The van der Waals surface area contributed by atoms with Crippen LogP contribution >= 0.6 is 11.3 Å². The van der Waals surface area contributed by atoms with Crippen LogP contribution in [-0.2, 0) is 4.74 Å². The predicted molar refractivity (Wildman–Crippen MR) is 95.6 cm³/mol. The molecule has 3 aromatic rings. The van der Waals surface area contributed by atoms with E-state index in [0.717, 1.165) is 32.8 Å². The van der Waals surface area contributed by atoms with E-state index in [1.807, 2.05) is 6.07 Å². The standard InChI is InChI=1S/C17H18N4O3S/c22-15(18-4-6-20-7-9-24-10-8-20)13-11-12-16(25-13)19-14-3-1-2-5-21(14)17(12)23/h1-3,5,11H,4,6-10H2,(H,18,22)/p+1. The van der Waals surface area contributed by atoms with Crippen LogP contribution in [0, 0.1) is 0 Å². The van der Waals surface area contributed by atoms with E-state index in [9.17, 15) is 9.59 Å². The summed E-state index contributed by atoms with van der Waals surface area (Å²) in [4.78, 5) is 32.0. The Morgan fingerprint density at radius 1 is 1.36 bits per heavy atom. The highest BCUT2D eigenvalue weighted by molar-refractivity contribution is 7.20. The number of rotatable bonds is 4. The number of morpholine rings is 1. The van der Waals surface area contributed by atoms with Crippen molar-refractivity contribution >= 4 is 33.1 Å². The third kappa shape index (κ3) is 3.28. The Morgan fingerprint density at radius 2 is 2.20 bits per heavy atom. The maximum Gasteiger partial charge on any atom is 0.266 e. The number of ether oxygens (including phenoxy) is 1. The van der Waals surface area contributed by atoms with Crippen LogP contribution in [0.1, 0.15) is 9.67 Å². The highest BCUT2D eigenvalue weighted by Crippen LogP contribution is 2.21. The van der Waals surface area contributed by atoms with Crippen molar-refractivity contribution in [1.29, 1.82) is 0 Å². The zero-order chi connectivity index (χ0) is 17.2. The molecule has 0 radical (unpaired) electrons. The van der Waals surface area contributed by atoms with Gasteiger partial charge in [-0.1, -0.05) is 6.07 Å². The largest absolute Gasteiger partial charge is 0.370 e. The number of thiophene rings is 1. The van der Waals surface area contributed by atoms with Gasteiger partial charge in [0.15, 0.2) is 0 Å². The van der Waals surface area contributed by atoms with Gasteiger partial charge in [-0.2, -0.15) is 0 Å². The molecule has 4 rings (SSSR count). The van der Waals surface area contributed by atoms with E-state index >= 15 is 0 Å². The van der Waals surface area contributed by atoms with E-state index in [4.69, 9.17) is 4.74 Å². The second-order valence-electron chi connectivity index (χ2n) is 6.04. The van der Waals surface area contributed by atoms with E-state index in [1.165, 1.54) is 20.6 Å². The molecule has 0 spiro atoms. The molecule has 0 bridgehead atoms. The lowest BCUT2D eigenvalue weighted by molar-refractivity contribution is -0.906. The summed E-state index contributed by atoms with van der Waals surface area (Å²) in [7, 11) is 0. The Bertz CT molecular complexity index is 975. The summed E-state index contributed by atoms with van der Waals surface area (Å²) in [6, 6.07) is 7.05. The number of hydrogen-bond donors (Lipinski definition) is 2. The summed E-state index contributed by atoms with van der Waals surface area (Å²) in [5.74, 6) is -0.149. The lowest BCUT2D eigenvalue weighted by Gasteiger charge is -2.23. The van der Waals surface area contributed by atoms with Gasteiger partial charge in [-0.25, -0.2) is 4.98 Å². The first-order valence-electron chi connectivity index (χ1n) is 8.33. The fraction of sp³-hybridized carbons (Fsp3) is 0.353. The summed E-state index contributed by atoms with van der Waals surface area (Å²) < 4.78 is 6.83. The molecule has 2 N–H and O–H groups in total. The smallest absolute Gasteiger partial charge is 0.266 e. The van der Waals surface area contributed by atoms with Gasteiger partial charge in [-0.3, -0.25) is 14.0 Å². The Kier molecular flexibility index (Phi) is 4.48. The summed E-state index contributed by atoms with van der Waals surface area (Å²) in [5.41, 5.74) is 0.443. The minimum atomic E-state index is -0.149. The van der Waals surface area contributed by atoms with Crippen molar-refractivity contribution in [2.45, 2.75) is 0 Å². The monoisotopic (exact) mass is 359 g/mol. The summed E-state index contributed by atoms with van der Waals surface area (Å²) in [5, 5.41) is 3.43. The van der Waals surface area contributed by atoms with Crippen LogP contribution in [0.4, 0.5) is 0 Å². The number of amides is 1. The van der Waals surface area contributed by atoms with E-state index in [0.29, 0.717) is 27.3 Å². The van der Waals surface area contributed by atoms with Gasteiger partial charge in [-0.05, 0) is 18.2 Å². The quantitative estimate of drug-likeness (QED) is 0.662. The third-order valence-corrected chi connectivity index (χ3v) is 5.43. The number of pyridine rings is 1. The first-order chi connectivity index (χ1) is 12.2. The lowest BCUT2D eigenvalue weighted by atomic mass is 10.3. The summed E-state index contributed by atoms with van der Waals surface area (Å²) in [6.07, 6.45) is 1.69. The number of fused-ring (bicyclic) bond motifs is 2. The molecule has 0 atom stereocenters. The van der Waals surface area contributed by atoms with Crippen LogP contribution < -0.4 is 15.8 Å². The molecule has 3 aromatic heterocycles. The highest BCUT2D eigenvalue weighted by Gasteiger charge is 2.16. The Balaban J connectivity index is 1.50. The molecule has 0 aromatic carbocycles. The van der Waals surface area contributed by atoms with Crippen molar-refractivity contribution in [1.82, 2.24) is 14.7 Å². The van der Waals surface area contributed by atoms with Gasteiger partial charge in [0.2, 0.25) is 0 Å². The van der Waals surface area contributed by atoms with Crippen molar-refractivity contribution < 1.29 is 14.4 Å². The maximum absolute atomic E-state index is 12.5. The van der Waals surface area contributed by atoms with Gasteiger partial charge < -0.3 is 15.0 Å².